The number of hydrogen-bond acceptors (Lipinski definition) is 6. The fraction of sp³-hybridized carbons (Fsp3) is 0.174. The summed E-state index contributed by atoms with van der Waals surface area (Å²) in [6, 6.07) is 14.4. The molecule has 1 atom stereocenters. The van der Waals surface area contributed by atoms with Crippen LogP contribution in [0, 0.1) is 5.92 Å². The fourth-order valence-electron chi connectivity index (χ4n) is 3.79. The average Bonchev–Trinajstić information content (AvgIpc) is 3.27. The van der Waals surface area contributed by atoms with Crippen LogP contribution in [0.15, 0.2) is 66.0 Å². The van der Waals surface area contributed by atoms with Crippen LogP contribution in [0.4, 0.5) is 5.82 Å². The zero-order chi connectivity index (χ0) is 22.2. The Bertz CT molecular complexity index is 1480. The first-order chi connectivity index (χ1) is 15.5. The Balaban J connectivity index is 1.77. The third kappa shape index (κ3) is 3.38. The second-order valence-electron chi connectivity index (χ2n) is 7.77. The molecule has 3 aromatic heterocycles. The normalized spacial score (nSPS) is 12.5. The maximum atomic E-state index is 13.7. The molecule has 0 saturated heterocycles. The number of nitrogens with one attached hydrogen (secondary N) is 2. The zero-order valence-corrected chi connectivity index (χ0v) is 18.2. The number of rotatable bonds is 5. The lowest BCUT2D eigenvalue weighted by Crippen LogP contribution is -2.30. The van der Waals surface area contributed by atoms with Crippen molar-refractivity contribution in [1.82, 2.24) is 29.5 Å². The predicted molar refractivity (Wildman–Crippen MR) is 125 cm³/mol. The molecule has 0 spiro atoms. The summed E-state index contributed by atoms with van der Waals surface area (Å²) in [7, 11) is 0. The van der Waals surface area contributed by atoms with Gasteiger partial charge in [0.25, 0.3) is 5.56 Å². The lowest BCUT2D eigenvalue weighted by atomic mass is 10.0. The van der Waals surface area contributed by atoms with Crippen molar-refractivity contribution >= 4 is 39.5 Å². The molecule has 5 aromatic rings. The molecule has 5 rings (SSSR count). The Morgan fingerprint density at radius 3 is 2.62 bits per heavy atom. The van der Waals surface area contributed by atoms with Gasteiger partial charge in [0.05, 0.1) is 34.0 Å². The van der Waals surface area contributed by atoms with E-state index in [-0.39, 0.29) is 17.5 Å². The molecule has 0 bridgehead atoms. The number of nitrogens with zero attached hydrogens (tertiary/aromatic N) is 5. The van der Waals surface area contributed by atoms with E-state index in [0.29, 0.717) is 44.4 Å². The van der Waals surface area contributed by atoms with Gasteiger partial charge in [-0.3, -0.25) is 9.36 Å². The Labute approximate surface area is 188 Å². The highest BCUT2D eigenvalue weighted by atomic mass is 35.5. The minimum atomic E-state index is -0.340. The molecule has 160 valence electrons. The molecule has 8 nitrogen and oxygen atoms in total. The Morgan fingerprint density at radius 2 is 1.84 bits per heavy atom. The lowest BCUT2D eigenvalue weighted by Gasteiger charge is -2.26. The summed E-state index contributed by atoms with van der Waals surface area (Å²) in [4.78, 5) is 34.4. The monoisotopic (exact) mass is 445 g/mol. The van der Waals surface area contributed by atoms with Crippen molar-refractivity contribution in [2.24, 2.45) is 5.92 Å². The van der Waals surface area contributed by atoms with Crippen molar-refractivity contribution in [3.8, 4) is 5.69 Å². The second kappa shape index (κ2) is 8.05. The first-order valence-electron chi connectivity index (χ1n) is 10.2. The highest BCUT2D eigenvalue weighted by molar-refractivity contribution is 6.35. The molecule has 0 unspecified atom stereocenters. The van der Waals surface area contributed by atoms with Crippen LogP contribution in [0.3, 0.4) is 0 Å². The molecule has 32 heavy (non-hydrogen) atoms. The fourth-order valence-corrected chi connectivity index (χ4v) is 4.04. The van der Waals surface area contributed by atoms with Crippen LogP contribution in [0.25, 0.3) is 27.8 Å². The highest BCUT2D eigenvalue weighted by Crippen LogP contribution is 2.30. The van der Waals surface area contributed by atoms with Gasteiger partial charge >= 0.3 is 0 Å². The Kier molecular flexibility index (Phi) is 5.07. The van der Waals surface area contributed by atoms with Gasteiger partial charge in [0.15, 0.2) is 11.5 Å². The molecule has 9 heteroatoms. The van der Waals surface area contributed by atoms with Gasteiger partial charge in [-0.1, -0.05) is 49.7 Å². The van der Waals surface area contributed by atoms with Crippen LogP contribution >= 0.6 is 11.6 Å². The number of benzene rings is 2. The third-order valence-electron chi connectivity index (χ3n) is 5.35. The quantitative estimate of drug-likeness (QED) is 0.412. The van der Waals surface area contributed by atoms with Gasteiger partial charge < -0.3 is 10.3 Å². The van der Waals surface area contributed by atoms with Crippen LogP contribution in [-0.2, 0) is 0 Å². The van der Waals surface area contributed by atoms with Gasteiger partial charge in [0, 0.05) is 0 Å². The summed E-state index contributed by atoms with van der Waals surface area (Å²) < 4.78 is 1.62. The minimum Gasteiger partial charge on any atom is -0.358 e. The van der Waals surface area contributed by atoms with E-state index >= 15 is 0 Å². The van der Waals surface area contributed by atoms with Crippen LogP contribution in [0.2, 0.25) is 5.02 Å². The van der Waals surface area contributed by atoms with Gasteiger partial charge in [0.2, 0.25) is 0 Å². The largest absolute Gasteiger partial charge is 0.358 e. The summed E-state index contributed by atoms with van der Waals surface area (Å²) >= 11 is 6.40. The molecule has 2 N–H and O–H groups in total. The van der Waals surface area contributed by atoms with E-state index in [2.05, 4.69) is 39.1 Å². The molecular formula is C23H20ClN7O. The molecule has 2 aromatic carbocycles. The standard InChI is InChI=1S/C23H20ClN7O/c1-13(2)18(30-21-19-20(26-11-25-19)27-12-28-21)22-29-16-10-6-9-15(24)17(16)23(32)31(22)14-7-4-3-5-8-14/h3-13,18H,1-2H3,(H2,25,26,27,28,30)/t18-/m0/s1. The molecule has 0 fully saturated rings. The topological polar surface area (TPSA) is 101 Å². The third-order valence-corrected chi connectivity index (χ3v) is 5.66. The van der Waals surface area contributed by atoms with Gasteiger partial charge in [0.1, 0.15) is 17.7 Å². The Morgan fingerprint density at radius 1 is 1.03 bits per heavy atom. The van der Waals surface area contributed by atoms with Crippen molar-refractivity contribution < 1.29 is 0 Å². The maximum absolute atomic E-state index is 13.7. The molecule has 0 aliphatic carbocycles. The smallest absolute Gasteiger partial charge is 0.267 e. The van der Waals surface area contributed by atoms with E-state index < -0.39 is 0 Å². The summed E-state index contributed by atoms with van der Waals surface area (Å²) in [5.74, 6) is 1.23. The van der Waals surface area contributed by atoms with Crippen molar-refractivity contribution in [1.29, 1.82) is 0 Å². The van der Waals surface area contributed by atoms with E-state index in [0.717, 1.165) is 0 Å². The number of imidazole rings is 1. The van der Waals surface area contributed by atoms with Crippen LogP contribution in [0.1, 0.15) is 25.7 Å². The Hall–Kier alpha value is -3.78. The maximum Gasteiger partial charge on any atom is 0.267 e. The number of anilines is 1. The van der Waals surface area contributed by atoms with Crippen LogP contribution < -0.4 is 10.9 Å². The van der Waals surface area contributed by atoms with E-state index in [9.17, 15) is 4.79 Å². The number of aromatic amines is 1. The number of fused-ring (bicyclic) bond motifs is 2. The SMILES string of the molecule is CC(C)[C@H](Nc1ncnc2nc[nH]c12)c1nc2cccc(Cl)c2c(=O)n1-c1ccccc1. The van der Waals surface area contributed by atoms with Crippen molar-refractivity contribution in [3.05, 3.63) is 82.4 Å². The van der Waals surface area contributed by atoms with Crippen molar-refractivity contribution in [2.45, 2.75) is 19.9 Å². The number of aromatic nitrogens is 6. The zero-order valence-electron chi connectivity index (χ0n) is 17.5. The number of para-hydroxylation sites is 1. The van der Waals surface area contributed by atoms with Crippen molar-refractivity contribution in [3.63, 3.8) is 0 Å². The second-order valence-corrected chi connectivity index (χ2v) is 8.18. The molecule has 0 radical (unpaired) electrons. The lowest BCUT2D eigenvalue weighted by molar-refractivity contribution is 0.509. The predicted octanol–water partition coefficient (Wildman–Crippen LogP) is 4.51. The molecule has 0 amide bonds. The van der Waals surface area contributed by atoms with Gasteiger partial charge in [-0.2, -0.15) is 0 Å². The number of hydrogen-bond donors (Lipinski definition) is 2. The number of H-pyrrole nitrogens is 1. The summed E-state index contributed by atoms with van der Waals surface area (Å²) in [6.07, 6.45) is 3.03. The van der Waals surface area contributed by atoms with E-state index in [4.69, 9.17) is 16.6 Å². The summed E-state index contributed by atoms with van der Waals surface area (Å²) in [5.41, 5.74) is 2.29. The van der Waals surface area contributed by atoms with Gasteiger partial charge in [-0.25, -0.2) is 19.9 Å². The van der Waals surface area contributed by atoms with Crippen LogP contribution in [-0.4, -0.2) is 29.5 Å². The van der Waals surface area contributed by atoms with E-state index in [1.165, 1.54) is 6.33 Å². The minimum absolute atomic E-state index is 0.0708. The van der Waals surface area contributed by atoms with Gasteiger partial charge in [-0.15, -0.1) is 0 Å². The number of halogens is 1. The average molecular weight is 446 g/mol. The van der Waals surface area contributed by atoms with Crippen molar-refractivity contribution in [2.75, 3.05) is 5.32 Å². The highest BCUT2D eigenvalue weighted by Gasteiger charge is 2.26. The van der Waals surface area contributed by atoms with E-state index in [1.54, 1.807) is 29.1 Å². The molecule has 3 heterocycles. The van der Waals surface area contributed by atoms with Gasteiger partial charge in [-0.05, 0) is 30.2 Å². The molecule has 0 aliphatic heterocycles. The molecule has 0 saturated carbocycles. The van der Waals surface area contributed by atoms with Crippen LogP contribution in [0.5, 0.6) is 0 Å². The first-order valence-corrected chi connectivity index (χ1v) is 10.6. The first kappa shape index (κ1) is 20.1. The molecular weight excluding hydrogens is 426 g/mol. The summed E-state index contributed by atoms with van der Waals surface area (Å²) in [5, 5.41) is 4.23. The molecule has 0 aliphatic rings. The summed E-state index contributed by atoms with van der Waals surface area (Å²) in [6.45, 7) is 4.12. The van der Waals surface area contributed by atoms with E-state index in [1.807, 2.05) is 30.3 Å².